The van der Waals surface area contributed by atoms with Crippen molar-refractivity contribution < 1.29 is 14.3 Å². The van der Waals surface area contributed by atoms with Gasteiger partial charge in [0.25, 0.3) is 0 Å². The van der Waals surface area contributed by atoms with E-state index in [1.807, 2.05) is 12.1 Å². The van der Waals surface area contributed by atoms with Gasteiger partial charge in [0.05, 0.1) is 11.5 Å². The summed E-state index contributed by atoms with van der Waals surface area (Å²) in [5.41, 5.74) is 0.424. The molecule has 2 aromatic carbocycles. The zero-order valence-electron chi connectivity index (χ0n) is 13.7. The van der Waals surface area contributed by atoms with Gasteiger partial charge in [-0.3, -0.25) is 9.67 Å². The van der Waals surface area contributed by atoms with Gasteiger partial charge in [-0.05, 0) is 48.6 Å². The lowest BCUT2D eigenvalue weighted by atomic mass is 10.2. The van der Waals surface area contributed by atoms with Crippen LogP contribution in [0.15, 0.2) is 57.7 Å². The average molecular weight is 402 g/mol. The Morgan fingerprint density at radius 2 is 2.00 bits per heavy atom. The maximum absolute atomic E-state index is 11.8. The van der Waals surface area contributed by atoms with Crippen molar-refractivity contribution in [1.29, 1.82) is 0 Å². The van der Waals surface area contributed by atoms with Crippen LogP contribution in [0.4, 0.5) is 0 Å². The molecule has 9 heteroatoms. The summed E-state index contributed by atoms with van der Waals surface area (Å²) >= 11 is 11.2. The first-order valence-electron chi connectivity index (χ1n) is 7.83. The van der Waals surface area contributed by atoms with Crippen LogP contribution in [-0.2, 0) is 6.61 Å². The van der Waals surface area contributed by atoms with Crippen LogP contribution in [0, 0.1) is 4.77 Å². The van der Waals surface area contributed by atoms with E-state index in [9.17, 15) is 9.90 Å². The van der Waals surface area contributed by atoms with Crippen molar-refractivity contribution in [3.63, 3.8) is 0 Å². The number of phenols is 1. The minimum absolute atomic E-state index is 0.00793. The second-order valence-corrected chi connectivity index (χ2v) is 6.48. The number of ether oxygens (including phenoxy) is 1. The quantitative estimate of drug-likeness (QED) is 0.397. The maximum Gasteiger partial charge on any atom is 0.339 e. The van der Waals surface area contributed by atoms with Crippen molar-refractivity contribution in [2.75, 3.05) is 0 Å². The lowest BCUT2D eigenvalue weighted by Crippen LogP contribution is -2.07. The van der Waals surface area contributed by atoms with Gasteiger partial charge in [0.15, 0.2) is 10.6 Å². The Morgan fingerprint density at radius 1 is 1.22 bits per heavy atom. The molecule has 0 saturated carbocycles. The Balaban J connectivity index is 1.69. The summed E-state index contributed by atoms with van der Waals surface area (Å²) in [7, 11) is 0. The van der Waals surface area contributed by atoms with Crippen molar-refractivity contribution in [1.82, 2.24) is 14.8 Å². The molecule has 4 rings (SSSR count). The van der Waals surface area contributed by atoms with Gasteiger partial charge < -0.3 is 14.3 Å². The molecule has 7 nitrogen and oxygen atoms in total. The van der Waals surface area contributed by atoms with Crippen LogP contribution in [0.1, 0.15) is 5.82 Å². The molecule has 27 heavy (non-hydrogen) atoms. The van der Waals surface area contributed by atoms with E-state index in [1.165, 1.54) is 18.2 Å². The molecule has 0 aliphatic carbocycles. The number of fused-ring (bicyclic) bond motifs is 1. The minimum atomic E-state index is -0.584. The summed E-state index contributed by atoms with van der Waals surface area (Å²) in [6.45, 7) is 0.0508. The van der Waals surface area contributed by atoms with Crippen LogP contribution in [0.5, 0.6) is 11.5 Å². The lowest BCUT2D eigenvalue weighted by molar-refractivity contribution is 0.294. The van der Waals surface area contributed by atoms with E-state index in [2.05, 4.69) is 10.2 Å². The van der Waals surface area contributed by atoms with Crippen LogP contribution < -0.4 is 10.4 Å². The maximum atomic E-state index is 11.8. The number of aromatic nitrogens is 3. The molecule has 0 amide bonds. The summed E-state index contributed by atoms with van der Waals surface area (Å²) in [6.07, 6.45) is 0. The van der Waals surface area contributed by atoms with Crippen molar-refractivity contribution in [3.05, 3.63) is 74.6 Å². The monoisotopic (exact) mass is 401 g/mol. The number of nitrogens with one attached hydrogen (secondary N) is 1. The zero-order valence-corrected chi connectivity index (χ0v) is 15.3. The third kappa shape index (κ3) is 3.44. The topological polar surface area (TPSA) is 93.3 Å². The van der Waals surface area contributed by atoms with Crippen molar-refractivity contribution in [2.45, 2.75) is 6.61 Å². The van der Waals surface area contributed by atoms with Crippen LogP contribution in [0.3, 0.4) is 0 Å². The van der Waals surface area contributed by atoms with E-state index in [0.29, 0.717) is 26.8 Å². The number of hydrogen-bond donors (Lipinski definition) is 2. The predicted octanol–water partition coefficient (Wildman–Crippen LogP) is 3.97. The number of rotatable bonds is 4. The molecule has 0 bridgehead atoms. The van der Waals surface area contributed by atoms with E-state index in [1.54, 1.807) is 22.8 Å². The van der Waals surface area contributed by atoms with Gasteiger partial charge in [-0.15, -0.1) is 0 Å². The first-order chi connectivity index (χ1) is 13.0. The van der Waals surface area contributed by atoms with Gasteiger partial charge in [0.1, 0.15) is 23.7 Å². The molecule has 0 aliphatic heterocycles. The molecular formula is C18H12ClN3O4S. The molecule has 2 heterocycles. The molecule has 0 spiro atoms. The number of halogens is 1. The molecule has 0 aliphatic rings. The number of phenolic OH excluding ortho intramolecular Hbond substituents is 1. The third-order valence-corrected chi connectivity index (χ3v) is 4.40. The highest BCUT2D eigenvalue weighted by Crippen LogP contribution is 2.27. The molecule has 136 valence electrons. The van der Waals surface area contributed by atoms with E-state index < -0.39 is 5.63 Å². The highest BCUT2D eigenvalue weighted by atomic mass is 35.5. The number of aromatic amines is 1. The molecule has 0 radical (unpaired) electrons. The average Bonchev–Trinajstić information content (AvgIpc) is 3.00. The Morgan fingerprint density at radius 3 is 2.78 bits per heavy atom. The summed E-state index contributed by atoms with van der Waals surface area (Å²) in [6, 6.07) is 12.8. The Bertz CT molecular complexity index is 1240. The van der Waals surface area contributed by atoms with Gasteiger partial charge in [0, 0.05) is 16.8 Å². The summed E-state index contributed by atoms with van der Waals surface area (Å²) < 4.78 is 13.0. The number of benzene rings is 2. The standard InChI is InChI=1S/C18H12ClN3O4S/c19-10-1-3-11(4-2-10)22-16(20-21-18(22)27)9-25-14-8-17(24)26-15-7-12(23)5-6-13(14)15/h1-8,23H,9H2,(H,21,27). The van der Waals surface area contributed by atoms with Gasteiger partial charge in [-0.1, -0.05) is 11.6 Å². The molecule has 0 fully saturated rings. The number of hydrogen-bond acceptors (Lipinski definition) is 6. The van der Waals surface area contributed by atoms with Crippen molar-refractivity contribution in [2.24, 2.45) is 0 Å². The summed E-state index contributed by atoms with van der Waals surface area (Å²) in [5.74, 6) is 0.826. The van der Waals surface area contributed by atoms with Crippen LogP contribution in [0.2, 0.25) is 5.02 Å². The SMILES string of the molecule is O=c1cc(OCc2n[nH]c(=S)n2-c2ccc(Cl)cc2)c2ccc(O)cc2o1. The van der Waals surface area contributed by atoms with Crippen molar-refractivity contribution in [3.8, 4) is 17.2 Å². The second-order valence-electron chi connectivity index (χ2n) is 5.66. The van der Waals surface area contributed by atoms with Gasteiger partial charge in [-0.25, -0.2) is 4.79 Å². The van der Waals surface area contributed by atoms with Crippen LogP contribution in [-0.4, -0.2) is 19.9 Å². The zero-order chi connectivity index (χ0) is 19.0. The molecule has 0 unspecified atom stereocenters. The van der Waals surface area contributed by atoms with E-state index in [-0.39, 0.29) is 17.9 Å². The molecule has 2 N–H and O–H groups in total. The predicted molar refractivity (Wildman–Crippen MR) is 102 cm³/mol. The van der Waals surface area contributed by atoms with Crippen LogP contribution >= 0.6 is 23.8 Å². The molecule has 2 aromatic heterocycles. The van der Waals surface area contributed by atoms with E-state index >= 15 is 0 Å². The Hall–Kier alpha value is -3.10. The molecule has 4 aromatic rings. The fraction of sp³-hybridized carbons (Fsp3) is 0.0556. The number of nitrogens with zero attached hydrogens (tertiary/aromatic N) is 2. The number of aromatic hydroxyl groups is 1. The van der Waals surface area contributed by atoms with Gasteiger partial charge >= 0.3 is 5.63 Å². The normalized spacial score (nSPS) is 11.0. The van der Waals surface area contributed by atoms with Crippen molar-refractivity contribution >= 4 is 34.8 Å². The largest absolute Gasteiger partial charge is 0.508 e. The lowest BCUT2D eigenvalue weighted by Gasteiger charge is -2.10. The highest BCUT2D eigenvalue weighted by Gasteiger charge is 2.12. The molecule has 0 atom stereocenters. The number of H-pyrrole nitrogens is 1. The third-order valence-electron chi connectivity index (χ3n) is 3.87. The fourth-order valence-electron chi connectivity index (χ4n) is 2.67. The Labute approximate surface area is 162 Å². The summed E-state index contributed by atoms with van der Waals surface area (Å²) in [5, 5.41) is 17.7. The molecular weight excluding hydrogens is 390 g/mol. The van der Waals surface area contributed by atoms with Gasteiger partial charge in [-0.2, -0.15) is 5.10 Å². The fourth-order valence-corrected chi connectivity index (χ4v) is 3.05. The van der Waals surface area contributed by atoms with E-state index in [4.69, 9.17) is 33.0 Å². The first-order valence-corrected chi connectivity index (χ1v) is 8.62. The minimum Gasteiger partial charge on any atom is -0.508 e. The second kappa shape index (κ2) is 6.90. The smallest absolute Gasteiger partial charge is 0.339 e. The highest BCUT2D eigenvalue weighted by molar-refractivity contribution is 7.71. The first kappa shape index (κ1) is 17.3. The Kier molecular flexibility index (Phi) is 4.43. The molecule has 0 saturated heterocycles. The van der Waals surface area contributed by atoms with Gasteiger partial charge in [0.2, 0.25) is 0 Å². The summed E-state index contributed by atoms with van der Waals surface area (Å²) in [4.78, 5) is 11.8. The van der Waals surface area contributed by atoms with E-state index in [0.717, 1.165) is 5.69 Å². The van der Waals surface area contributed by atoms with Crippen LogP contribution in [0.25, 0.3) is 16.7 Å².